The molecule has 0 saturated carbocycles. The summed E-state index contributed by atoms with van der Waals surface area (Å²) in [4.78, 5) is 13.0. The molecule has 160 valence electrons. The van der Waals surface area contributed by atoms with Crippen LogP contribution >= 0.6 is 0 Å². The summed E-state index contributed by atoms with van der Waals surface area (Å²) in [6, 6.07) is 15.1. The monoisotopic (exact) mass is 435 g/mol. The second-order valence-corrected chi connectivity index (χ2v) is 10.8. The number of nitrogens with one attached hydrogen (secondary N) is 1. The highest BCUT2D eigenvalue weighted by Gasteiger charge is 2.29. The van der Waals surface area contributed by atoms with Crippen molar-refractivity contribution in [3.63, 3.8) is 0 Å². The van der Waals surface area contributed by atoms with Gasteiger partial charge in [0.25, 0.3) is 5.91 Å². The van der Waals surface area contributed by atoms with Crippen molar-refractivity contribution in [3.05, 3.63) is 65.2 Å². The number of sulfone groups is 1. The van der Waals surface area contributed by atoms with Crippen LogP contribution in [0.3, 0.4) is 0 Å². The van der Waals surface area contributed by atoms with Crippen LogP contribution in [0.5, 0.6) is 5.75 Å². The van der Waals surface area contributed by atoms with E-state index in [4.69, 9.17) is 0 Å². The Hall–Kier alpha value is -2.86. The summed E-state index contributed by atoms with van der Waals surface area (Å²) in [5.74, 6) is 0.197. The standard InChI is InChI=1S/C25H25NO4S/c27-24-18-6-2-1-5-16(18)11-12-22(24)20-8-3-9-21-19(20)7-4-10-23(21)25(28)26-17-13-14-31(29,30)15-17/h3-4,7-12,17,27H,1-2,5-6,13-15H2,(H,26,28). The second-order valence-electron chi connectivity index (χ2n) is 8.59. The fourth-order valence-corrected chi connectivity index (χ4v) is 6.61. The molecular formula is C25H25NO4S. The Bertz CT molecular complexity index is 1300. The maximum atomic E-state index is 13.0. The molecule has 3 aromatic rings. The topological polar surface area (TPSA) is 83.5 Å². The minimum absolute atomic E-state index is 0.00223. The highest BCUT2D eigenvalue weighted by molar-refractivity contribution is 7.91. The molecule has 0 aromatic heterocycles. The van der Waals surface area contributed by atoms with Gasteiger partial charge in [0.2, 0.25) is 0 Å². The number of fused-ring (bicyclic) bond motifs is 2. The van der Waals surface area contributed by atoms with Gasteiger partial charge in [-0.3, -0.25) is 4.79 Å². The summed E-state index contributed by atoms with van der Waals surface area (Å²) in [6.45, 7) is 0. The van der Waals surface area contributed by atoms with Crippen molar-refractivity contribution in [1.82, 2.24) is 5.32 Å². The van der Waals surface area contributed by atoms with Gasteiger partial charge < -0.3 is 10.4 Å². The molecule has 1 saturated heterocycles. The smallest absolute Gasteiger partial charge is 0.252 e. The molecule has 0 spiro atoms. The molecule has 1 aliphatic carbocycles. The minimum Gasteiger partial charge on any atom is -0.507 e. The molecule has 1 fully saturated rings. The van der Waals surface area contributed by atoms with Gasteiger partial charge in [-0.1, -0.05) is 42.5 Å². The Balaban J connectivity index is 1.55. The average molecular weight is 436 g/mol. The molecule has 2 N–H and O–H groups in total. The minimum atomic E-state index is -3.06. The number of phenolic OH excluding ortho intramolecular Hbond substituents is 1. The van der Waals surface area contributed by atoms with Crippen LogP contribution in [0.2, 0.25) is 0 Å². The third-order valence-corrected chi connectivity index (χ3v) is 8.30. The fourth-order valence-electron chi connectivity index (χ4n) is 4.94. The van der Waals surface area contributed by atoms with E-state index in [1.807, 2.05) is 36.4 Å². The van der Waals surface area contributed by atoms with E-state index in [9.17, 15) is 18.3 Å². The molecule has 5 nitrogen and oxygen atoms in total. The van der Waals surface area contributed by atoms with Gasteiger partial charge in [0.05, 0.1) is 11.5 Å². The number of carbonyl (C=O) groups excluding carboxylic acids is 1. The van der Waals surface area contributed by atoms with E-state index in [1.54, 1.807) is 6.07 Å². The molecule has 31 heavy (non-hydrogen) atoms. The molecular weight excluding hydrogens is 410 g/mol. The maximum absolute atomic E-state index is 13.0. The second kappa shape index (κ2) is 7.68. The van der Waals surface area contributed by atoms with Gasteiger partial charge in [-0.25, -0.2) is 8.42 Å². The molecule has 2 aliphatic rings. The summed E-state index contributed by atoms with van der Waals surface area (Å²) < 4.78 is 23.5. The normalized spacial score (nSPS) is 19.8. The zero-order chi connectivity index (χ0) is 21.6. The van der Waals surface area contributed by atoms with E-state index in [0.29, 0.717) is 17.7 Å². The molecule has 5 rings (SSSR count). The van der Waals surface area contributed by atoms with Crippen LogP contribution in [0.15, 0.2) is 48.5 Å². The van der Waals surface area contributed by atoms with Gasteiger partial charge in [0, 0.05) is 17.2 Å². The first-order valence-electron chi connectivity index (χ1n) is 10.8. The van der Waals surface area contributed by atoms with Crippen molar-refractivity contribution in [2.45, 2.75) is 38.1 Å². The largest absolute Gasteiger partial charge is 0.507 e. The van der Waals surface area contributed by atoms with Crippen LogP contribution in [0, 0.1) is 0 Å². The number of phenols is 1. The first-order valence-corrected chi connectivity index (χ1v) is 12.6. The van der Waals surface area contributed by atoms with Crippen molar-refractivity contribution >= 4 is 26.5 Å². The number of benzene rings is 3. The van der Waals surface area contributed by atoms with Gasteiger partial charge in [-0.05, 0) is 65.6 Å². The Morgan fingerprint density at radius 3 is 2.52 bits per heavy atom. The zero-order valence-electron chi connectivity index (χ0n) is 17.2. The van der Waals surface area contributed by atoms with Crippen LogP contribution in [-0.2, 0) is 22.7 Å². The summed E-state index contributed by atoms with van der Waals surface area (Å²) in [5, 5.41) is 15.6. The van der Waals surface area contributed by atoms with Crippen molar-refractivity contribution in [2.75, 3.05) is 11.5 Å². The predicted molar refractivity (Wildman–Crippen MR) is 122 cm³/mol. The van der Waals surface area contributed by atoms with Gasteiger partial charge in [-0.15, -0.1) is 0 Å². The molecule has 0 bridgehead atoms. The Morgan fingerprint density at radius 2 is 1.71 bits per heavy atom. The summed E-state index contributed by atoms with van der Waals surface area (Å²) in [5.41, 5.74) is 4.45. The molecule has 1 aliphatic heterocycles. The zero-order valence-corrected chi connectivity index (χ0v) is 18.0. The maximum Gasteiger partial charge on any atom is 0.252 e. The Labute approximate surface area is 182 Å². The first kappa shape index (κ1) is 20.1. The van der Waals surface area contributed by atoms with E-state index < -0.39 is 9.84 Å². The van der Waals surface area contributed by atoms with Gasteiger partial charge in [0.1, 0.15) is 5.75 Å². The van der Waals surface area contributed by atoms with Crippen molar-refractivity contribution in [2.24, 2.45) is 0 Å². The van der Waals surface area contributed by atoms with Crippen molar-refractivity contribution < 1.29 is 18.3 Å². The molecule has 1 unspecified atom stereocenters. The molecule has 0 radical (unpaired) electrons. The molecule has 1 atom stereocenters. The van der Waals surface area contributed by atoms with Crippen LogP contribution in [0.4, 0.5) is 0 Å². The van der Waals surface area contributed by atoms with Gasteiger partial charge in [-0.2, -0.15) is 0 Å². The summed E-state index contributed by atoms with van der Waals surface area (Å²) in [7, 11) is -3.06. The number of carbonyl (C=O) groups is 1. The predicted octanol–water partition coefficient (Wildman–Crippen LogP) is 4.01. The van der Waals surface area contributed by atoms with E-state index in [0.717, 1.165) is 53.1 Å². The molecule has 1 amide bonds. The highest BCUT2D eigenvalue weighted by Crippen LogP contribution is 2.40. The lowest BCUT2D eigenvalue weighted by atomic mass is 9.86. The van der Waals surface area contributed by atoms with Crippen LogP contribution < -0.4 is 5.32 Å². The van der Waals surface area contributed by atoms with Crippen molar-refractivity contribution in [3.8, 4) is 16.9 Å². The van der Waals surface area contributed by atoms with Gasteiger partial charge >= 0.3 is 0 Å². The SMILES string of the molecule is O=C(NC1CCS(=O)(=O)C1)c1cccc2c(-c3ccc4c(c3O)CCCC4)cccc12. The quantitative estimate of drug-likeness (QED) is 0.651. The summed E-state index contributed by atoms with van der Waals surface area (Å²) in [6.07, 6.45) is 4.58. The summed E-state index contributed by atoms with van der Waals surface area (Å²) >= 11 is 0. The van der Waals surface area contributed by atoms with E-state index in [2.05, 4.69) is 11.4 Å². The van der Waals surface area contributed by atoms with Gasteiger partial charge in [0.15, 0.2) is 9.84 Å². The van der Waals surface area contributed by atoms with Crippen molar-refractivity contribution in [1.29, 1.82) is 0 Å². The third-order valence-electron chi connectivity index (χ3n) is 6.53. The lowest BCUT2D eigenvalue weighted by Crippen LogP contribution is -2.35. The number of rotatable bonds is 3. The number of hydrogen-bond donors (Lipinski definition) is 2. The lowest BCUT2D eigenvalue weighted by Gasteiger charge is -2.20. The Morgan fingerprint density at radius 1 is 0.935 bits per heavy atom. The van der Waals surface area contributed by atoms with Crippen LogP contribution in [0.1, 0.15) is 40.7 Å². The number of amides is 1. The van der Waals surface area contributed by atoms with E-state index >= 15 is 0 Å². The van der Waals surface area contributed by atoms with E-state index in [1.165, 1.54) is 5.56 Å². The number of hydrogen-bond acceptors (Lipinski definition) is 4. The van der Waals surface area contributed by atoms with Crippen LogP contribution in [-0.4, -0.2) is 37.0 Å². The molecule has 3 aromatic carbocycles. The first-order chi connectivity index (χ1) is 14.9. The Kier molecular flexibility index (Phi) is 4.97. The number of aryl methyl sites for hydroxylation is 1. The number of aromatic hydroxyl groups is 1. The van der Waals surface area contributed by atoms with Crippen LogP contribution in [0.25, 0.3) is 21.9 Å². The highest BCUT2D eigenvalue weighted by atomic mass is 32.2. The lowest BCUT2D eigenvalue weighted by molar-refractivity contribution is 0.0943. The average Bonchev–Trinajstić information content (AvgIpc) is 3.11. The third kappa shape index (κ3) is 3.69. The molecule has 1 heterocycles. The fraction of sp³-hybridized carbons (Fsp3) is 0.320. The van der Waals surface area contributed by atoms with E-state index in [-0.39, 0.29) is 23.5 Å². The molecule has 6 heteroatoms.